The Balaban J connectivity index is 1.92. The number of hydrogen-bond acceptors (Lipinski definition) is 5. The Labute approximate surface area is 199 Å². The lowest BCUT2D eigenvalue weighted by molar-refractivity contribution is -0.117. The highest BCUT2D eigenvalue weighted by Gasteiger charge is 2.27. The van der Waals surface area contributed by atoms with Crippen LogP contribution in [0.1, 0.15) is 25.8 Å². The van der Waals surface area contributed by atoms with Crippen molar-refractivity contribution in [2.24, 2.45) is 0 Å². The number of benzene rings is 2. The summed E-state index contributed by atoms with van der Waals surface area (Å²) in [4.78, 5) is 30.1. The van der Waals surface area contributed by atoms with Crippen LogP contribution < -0.4 is 9.64 Å². The fourth-order valence-electron chi connectivity index (χ4n) is 2.98. The number of nitrogens with zero attached hydrogens (tertiary/aromatic N) is 2. The molecule has 3 aromatic rings. The highest BCUT2D eigenvalue weighted by atomic mass is 35.5. The molecule has 0 saturated heterocycles. The van der Waals surface area contributed by atoms with Crippen LogP contribution in [0.15, 0.2) is 42.5 Å². The van der Waals surface area contributed by atoms with Gasteiger partial charge in [0.15, 0.2) is 10.7 Å². The lowest BCUT2D eigenvalue weighted by atomic mass is 10.1. The summed E-state index contributed by atoms with van der Waals surface area (Å²) in [6, 6.07) is 12.6. The topological polar surface area (TPSA) is 79.7 Å². The number of carboxylic acids is 1. The fraction of sp³-hybridized carbons (Fsp3) is 0.174. The number of carbonyl (C=O) groups excluding carboxylic acids is 1. The van der Waals surface area contributed by atoms with E-state index in [0.29, 0.717) is 20.6 Å². The zero-order valence-electron chi connectivity index (χ0n) is 17.0. The third-order valence-corrected chi connectivity index (χ3v) is 6.03. The van der Waals surface area contributed by atoms with Crippen LogP contribution in [0.2, 0.25) is 10.0 Å². The molecule has 0 aliphatic carbocycles. The van der Waals surface area contributed by atoms with E-state index in [1.165, 1.54) is 0 Å². The van der Waals surface area contributed by atoms with E-state index in [2.05, 4.69) is 10.9 Å². The SMILES string of the molecule is C#CCN(C(=O)Cc1c(Cl)ccc(Cl)c1OCc1ccccc1)c1nc(C)sc1C(=O)O. The molecule has 6 nitrogen and oxygen atoms in total. The van der Waals surface area contributed by atoms with Gasteiger partial charge in [0.05, 0.1) is 23.0 Å². The maximum Gasteiger partial charge on any atom is 0.349 e. The number of terminal acetylenes is 1. The summed E-state index contributed by atoms with van der Waals surface area (Å²) in [5, 5.41) is 10.6. The minimum Gasteiger partial charge on any atom is -0.487 e. The zero-order chi connectivity index (χ0) is 23.3. The molecule has 0 spiro atoms. The van der Waals surface area contributed by atoms with E-state index in [-0.39, 0.29) is 36.0 Å². The molecule has 0 bridgehead atoms. The molecule has 164 valence electrons. The summed E-state index contributed by atoms with van der Waals surface area (Å²) >= 11 is 13.7. The van der Waals surface area contributed by atoms with Gasteiger partial charge < -0.3 is 9.84 Å². The van der Waals surface area contributed by atoms with Gasteiger partial charge in [-0.05, 0) is 24.6 Å². The van der Waals surface area contributed by atoms with E-state index < -0.39 is 11.9 Å². The number of amides is 1. The molecule has 0 atom stereocenters. The molecule has 0 aliphatic heterocycles. The first kappa shape index (κ1) is 23.6. The van der Waals surface area contributed by atoms with Gasteiger partial charge in [-0.3, -0.25) is 9.69 Å². The van der Waals surface area contributed by atoms with Crippen LogP contribution in [0.3, 0.4) is 0 Å². The van der Waals surface area contributed by atoms with E-state index in [1.807, 2.05) is 30.3 Å². The maximum absolute atomic E-state index is 13.2. The lowest BCUT2D eigenvalue weighted by Gasteiger charge is -2.20. The van der Waals surface area contributed by atoms with Crippen LogP contribution in [0.25, 0.3) is 0 Å². The standard InChI is InChI=1S/C23H18Cl2N2O4S/c1-3-11-27(22-21(23(29)30)32-14(2)26-22)19(28)12-16-17(24)9-10-18(25)20(16)31-13-15-7-5-4-6-8-15/h1,4-10H,11-13H2,2H3,(H,29,30). The second-order valence-corrected chi connectivity index (χ2v) is 8.68. The molecular weight excluding hydrogens is 471 g/mol. The summed E-state index contributed by atoms with van der Waals surface area (Å²) in [5.41, 5.74) is 1.30. The first-order chi connectivity index (χ1) is 15.3. The van der Waals surface area contributed by atoms with Crippen LogP contribution in [0.4, 0.5) is 5.82 Å². The molecule has 3 rings (SSSR count). The molecule has 32 heavy (non-hydrogen) atoms. The average Bonchev–Trinajstić information content (AvgIpc) is 3.16. The number of halogens is 2. The van der Waals surface area contributed by atoms with E-state index in [9.17, 15) is 14.7 Å². The molecule has 1 amide bonds. The Morgan fingerprint density at radius 1 is 1.19 bits per heavy atom. The molecule has 1 N–H and O–H groups in total. The van der Waals surface area contributed by atoms with E-state index in [1.54, 1.807) is 19.1 Å². The Morgan fingerprint density at radius 2 is 1.88 bits per heavy atom. The monoisotopic (exact) mass is 488 g/mol. The molecule has 0 unspecified atom stereocenters. The van der Waals surface area contributed by atoms with Crippen LogP contribution in [-0.4, -0.2) is 28.5 Å². The van der Waals surface area contributed by atoms with Crippen molar-refractivity contribution in [1.29, 1.82) is 0 Å². The number of aromatic carboxylic acids is 1. The lowest BCUT2D eigenvalue weighted by Crippen LogP contribution is -2.34. The van der Waals surface area contributed by atoms with E-state index in [0.717, 1.165) is 21.8 Å². The number of anilines is 1. The van der Waals surface area contributed by atoms with Gasteiger partial charge in [0.1, 0.15) is 12.4 Å². The molecule has 1 heterocycles. The number of aryl methyl sites for hydroxylation is 1. The van der Waals surface area contributed by atoms with Crippen molar-refractivity contribution in [2.45, 2.75) is 20.0 Å². The average molecular weight is 489 g/mol. The first-order valence-electron chi connectivity index (χ1n) is 9.40. The van der Waals surface area contributed by atoms with Gasteiger partial charge >= 0.3 is 5.97 Å². The molecule has 9 heteroatoms. The number of hydrogen-bond donors (Lipinski definition) is 1. The quantitative estimate of drug-likeness (QED) is 0.438. The Hall–Kier alpha value is -3.05. The van der Waals surface area contributed by atoms with Gasteiger partial charge in [-0.2, -0.15) is 0 Å². The number of carbonyl (C=O) groups is 2. The predicted molar refractivity (Wildman–Crippen MR) is 126 cm³/mol. The molecule has 1 aromatic heterocycles. The van der Waals surface area contributed by atoms with Crippen molar-refractivity contribution >= 4 is 52.2 Å². The van der Waals surface area contributed by atoms with E-state index in [4.69, 9.17) is 34.4 Å². The molecule has 0 fully saturated rings. The molecule has 0 saturated carbocycles. The van der Waals surface area contributed by atoms with Crippen LogP contribution >= 0.6 is 34.5 Å². The van der Waals surface area contributed by atoms with Gasteiger partial charge in [-0.25, -0.2) is 9.78 Å². The number of thiazole rings is 1. The molecule has 2 aromatic carbocycles. The third kappa shape index (κ3) is 5.40. The summed E-state index contributed by atoms with van der Waals surface area (Å²) in [7, 11) is 0. The molecule has 0 radical (unpaired) electrons. The van der Waals surface area contributed by atoms with Gasteiger partial charge in [0.2, 0.25) is 5.91 Å². The third-order valence-electron chi connectivity index (χ3n) is 4.43. The second-order valence-electron chi connectivity index (χ2n) is 6.66. The van der Waals surface area contributed by atoms with Gasteiger partial charge in [0, 0.05) is 10.6 Å². The number of aromatic nitrogens is 1. The van der Waals surface area contributed by atoms with Crippen molar-refractivity contribution in [2.75, 3.05) is 11.4 Å². The van der Waals surface area contributed by atoms with Crippen LogP contribution in [-0.2, 0) is 17.8 Å². The second kappa shape index (κ2) is 10.5. The van der Waals surface area contributed by atoms with Gasteiger partial charge in [-0.15, -0.1) is 17.8 Å². The van der Waals surface area contributed by atoms with Crippen molar-refractivity contribution in [3.05, 3.63) is 73.5 Å². The zero-order valence-corrected chi connectivity index (χ0v) is 19.3. The Morgan fingerprint density at radius 3 is 2.53 bits per heavy atom. The highest BCUT2D eigenvalue weighted by Crippen LogP contribution is 2.36. The van der Waals surface area contributed by atoms with Crippen LogP contribution in [0.5, 0.6) is 5.75 Å². The maximum atomic E-state index is 13.2. The summed E-state index contributed by atoms with van der Waals surface area (Å²) in [6.07, 6.45) is 5.23. The predicted octanol–water partition coefficient (Wildman–Crippen LogP) is 5.24. The Kier molecular flexibility index (Phi) is 7.75. The van der Waals surface area contributed by atoms with Crippen LogP contribution in [0, 0.1) is 19.3 Å². The van der Waals surface area contributed by atoms with Crippen molar-refractivity contribution in [3.63, 3.8) is 0 Å². The summed E-state index contributed by atoms with van der Waals surface area (Å²) in [5.74, 6) is 1.00. The van der Waals surface area contributed by atoms with Crippen molar-refractivity contribution in [1.82, 2.24) is 4.98 Å². The molecular formula is C23H18Cl2N2O4S. The van der Waals surface area contributed by atoms with Crippen molar-refractivity contribution in [3.8, 4) is 18.1 Å². The summed E-state index contributed by atoms with van der Waals surface area (Å²) < 4.78 is 5.91. The Bertz CT molecular complexity index is 1190. The minimum absolute atomic E-state index is 0.00727. The first-order valence-corrected chi connectivity index (χ1v) is 11.0. The number of rotatable bonds is 8. The van der Waals surface area contributed by atoms with Crippen molar-refractivity contribution < 1.29 is 19.4 Å². The number of carboxylic acid groups (broad SMARTS) is 1. The molecule has 0 aliphatic rings. The minimum atomic E-state index is -1.19. The van der Waals surface area contributed by atoms with Gasteiger partial charge in [-0.1, -0.05) is 59.5 Å². The van der Waals surface area contributed by atoms with E-state index >= 15 is 0 Å². The largest absolute Gasteiger partial charge is 0.487 e. The van der Waals surface area contributed by atoms with Gasteiger partial charge in [0.25, 0.3) is 0 Å². The normalized spacial score (nSPS) is 10.4. The number of ether oxygens (including phenoxy) is 1. The summed E-state index contributed by atoms with van der Waals surface area (Å²) in [6.45, 7) is 1.73. The highest BCUT2D eigenvalue weighted by molar-refractivity contribution is 7.14. The fourth-order valence-corrected chi connectivity index (χ4v) is 4.19. The smallest absolute Gasteiger partial charge is 0.349 e.